The van der Waals surface area contributed by atoms with Crippen LogP contribution >= 0.6 is 11.3 Å². The average Bonchev–Trinajstić information content (AvgIpc) is 2.63. The van der Waals surface area contributed by atoms with Crippen molar-refractivity contribution in [3.8, 4) is 6.07 Å². The highest BCUT2D eigenvalue weighted by molar-refractivity contribution is 7.11. The number of nitrogens with one attached hydrogen (secondary N) is 1. The molecule has 0 aromatic carbocycles. The van der Waals surface area contributed by atoms with Crippen LogP contribution in [0.4, 0.5) is 0 Å². The van der Waals surface area contributed by atoms with Gasteiger partial charge >= 0.3 is 0 Å². The zero-order valence-corrected chi connectivity index (χ0v) is 11.1. The molecule has 2 rings (SSSR count). The van der Waals surface area contributed by atoms with E-state index < -0.39 is 0 Å². The second-order valence-electron chi connectivity index (χ2n) is 4.71. The number of hydrogen-bond donors (Lipinski definition) is 1. The molecule has 0 saturated heterocycles. The van der Waals surface area contributed by atoms with E-state index in [1.807, 2.05) is 13.1 Å². The van der Waals surface area contributed by atoms with Gasteiger partial charge in [0, 0.05) is 23.7 Å². The fraction of sp³-hybridized carbons (Fsp3) is 0.692. The van der Waals surface area contributed by atoms with Crippen molar-refractivity contribution >= 4 is 11.3 Å². The van der Waals surface area contributed by atoms with E-state index in [2.05, 4.69) is 16.4 Å². The summed E-state index contributed by atoms with van der Waals surface area (Å²) in [6.45, 7) is 2.88. The summed E-state index contributed by atoms with van der Waals surface area (Å²) >= 11 is 1.73. The summed E-state index contributed by atoms with van der Waals surface area (Å²) in [5, 5.41) is 13.8. The first-order chi connectivity index (χ1) is 8.29. The van der Waals surface area contributed by atoms with E-state index in [-0.39, 0.29) is 5.92 Å². The van der Waals surface area contributed by atoms with Gasteiger partial charge in [0.25, 0.3) is 0 Å². The first kappa shape index (κ1) is 12.5. The topological polar surface area (TPSA) is 48.7 Å². The average molecular weight is 249 g/mol. The first-order valence-electron chi connectivity index (χ1n) is 6.34. The Kier molecular flexibility index (Phi) is 4.52. The predicted octanol–water partition coefficient (Wildman–Crippen LogP) is 3.01. The Hall–Kier alpha value is -0.920. The number of nitrogens with zero attached hydrogens (tertiary/aromatic N) is 2. The molecule has 1 aromatic heterocycles. The number of thiazole rings is 1. The summed E-state index contributed by atoms with van der Waals surface area (Å²) in [7, 11) is 0. The molecule has 0 radical (unpaired) electrons. The third kappa shape index (κ3) is 3.52. The Morgan fingerprint density at radius 2 is 2.29 bits per heavy atom. The van der Waals surface area contributed by atoms with Crippen molar-refractivity contribution in [3.63, 3.8) is 0 Å². The van der Waals surface area contributed by atoms with Crippen molar-refractivity contribution in [2.75, 3.05) is 0 Å². The standard InChI is InChI=1S/C13H19N3S/c1-10-15-8-12(17-10)9-16-13-6-4-2-3-5-11(13)7-14/h8,11,13,16H,2-6,9H2,1H3. The number of aromatic nitrogens is 1. The number of hydrogen-bond acceptors (Lipinski definition) is 4. The second-order valence-corrected chi connectivity index (χ2v) is 6.03. The van der Waals surface area contributed by atoms with Gasteiger partial charge in [-0.05, 0) is 19.8 Å². The summed E-state index contributed by atoms with van der Waals surface area (Å²) in [4.78, 5) is 5.52. The van der Waals surface area contributed by atoms with Crippen LogP contribution < -0.4 is 5.32 Å². The van der Waals surface area contributed by atoms with Gasteiger partial charge < -0.3 is 5.32 Å². The fourth-order valence-corrected chi connectivity index (χ4v) is 3.17. The van der Waals surface area contributed by atoms with Crippen LogP contribution in [0.25, 0.3) is 0 Å². The molecule has 2 atom stereocenters. The lowest BCUT2D eigenvalue weighted by Crippen LogP contribution is -2.34. The summed E-state index contributed by atoms with van der Waals surface area (Å²) in [5.41, 5.74) is 0. The van der Waals surface area contributed by atoms with Crippen molar-refractivity contribution < 1.29 is 0 Å². The van der Waals surface area contributed by atoms with E-state index in [1.165, 1.54) is 24.1 Å². The lowest BCUT2D eigenvalue weighted by Gasteiger charge is -2.20. The van der Waals surface area contributed by atoms with Crippen LogP contribution in [0, 0.1) is 24.2 Å². The number of nitriles is 1. The van der Waals surface area contributed by atoms with Crippen LogP contribution in [-0.2, 0) is 6.54 Å². The minimum atomic E-state index is 0.187. The molecule has 1 aromatic rings. The van der Waals surface area contributed by atoms with Crippen molar-refractivity contribution in [1.29, 1.82) is 5.26 Å². The molecule has 0 aliphatic heterocycles. The van der Waals surface area contributed by atoms with E-state index in [0.29, 0.717) is 6.04 Å². The van der Waals surface area contributed by atoms with Crippen LogP contribution in [0.2, 0.25) is 0 Å². The molecule has 92 valence electrons. The Labute approximate surface area is 107 Å². The van der Waals surface area contributed by atoms with E-state index in [1.54, 1.807) is 11.3 Å². The van der Waals surface area contributed by atoms with E-state index in [9.17, 15) is 5.26 Å². The zero-order valence-electron chi connectivity index (χ0n) is 10.3. The van der Waals surface area contributed by atoms with Crippen molar-refractivity contribution in [1.82, 2.24) is 10.3 Å². The first-order valence-corrected chi connectivity index (χ1v) is 7.15. The summed E-state index contributed by atoms with van der Waals surface area (Å²) in [6, 6.07) is 2.83. The van der Waals surface area contributed by atoms with Crippen LogP contribution in [-0.4, -0.2) is 11.0 Å². The van der Waals surface area contributed by atoms with Gasteiger partial charge in [-0.1, -0.05) is 19.3 Å². The fourth-order valence-electron chi connectivity index (χ4n) is 2.43. The van der Waals surface area contributed by atoms with Gasteiger partial charge in [0.05, 0.1) is 17.0 Å². The van der Waals surface area contributed by atoms with Crippen molar-refractivity contribution in [2.24, 2.45) is 5.92 Å². The SMILES string of the molecule is Cc1ncc(CNC2CCCCCC2C#N)s1. The van der Waals surface area contributed by atoms with E-state index in [4.69, 9.17) is 0 Å². The van der Waals surface area contributed by atoms with Crippen LogP contribution in [0.3, 0.4) is 0 Å². The molecule has 0 bridgehead atoms. The molecule has 1 aliphatic rings. The third-order valence-corrected chi connectivity index (χ3v) is 4.30. The van der Waals surface area contributed by atoms with E-state index in [0.717, 1.165) is 24.4 Å². The molecule has 1 saturated carbocycles. The van der Waals surface area contributed by atoms with Gasteiger partial charge in [-0.25, -0.2) is 4.98 Å². The molecule has 2 unspecified atom stereocenters. The maximum absolute atomic E-state index is 9.19. The quantitative estimate of drug-likeness (QED) is 0.838. The smallest absolute Gasteiger partial charge is 0.0897 e. The summed E-state index contributed by atoms with van der Waals surface area (Å²) in [5.74, 6) is 0.187. The second kappa shape index (κ2) is 6.13. The number of rotatable bonds is 3. The van der Waals surface area contributed by atoms with Crippen molar-refractivity contribution in [2.45, 2.75) is 51.6 Å². The molecule has 4 heteroatoms. The summed E-state index contributed by atoms with van der Waals surface area (Å²) in [6.07, 6.45) is 7.85. The van der Waals surface area contributed by atoms with Crippen LogP contribution in [0.5, 0.6) is 0 Å². The molecule has 17 heavy (non-hydrogen) atoms. The molecule has 1 heterocycles. The molecule has 3 nitrogen and oxygen atoms in total. The maximum Gasteiger partial charge on any atom is 0.0897 e. The third-order valence-electron chi connectivity index (χ3n) is 3.39. The molecular weight excluding hydrogens is 230 g/mol. The van der Waals surface area contributed by atoms with Gasteiger partial charge in [0.15, 0.2) is 0 Å². The van der Waals surface area contributed by atoms with Crippen LogP contribution in [0.15, 0.2) is 6.20 Å². The highest BCUT2D eigenvalue weighted by Gasteiger charge is 2.22. The Balaban J connectivity index is 1.90. The molecule has 1 fully saturated rings. The minimum Gasteiger partial charge on any atom is -0.308 e. The minimum absolute atomic E-state index is 0.187. The highest BCUT2D eigenvalue weighted by atomic mass is 32.1. The maximum atomic E-state index is 9.19. The summed E-state index contributed by atoms with van der Waals surface area (Å²) < 4.78 is 0. The van der Waals surface area contributed by atoms with Gasteiger partial charge in [-0.2, -0.15) is 5.26 Å². The molecule has 1 N–H and O–H groups in total. The molecular formula is C13H19N3S. The normalized spacial score (nSPS) is 25.2. The van der Waals surface area contributed by atoms with E-state index >= 15 is 0 Å². The van der Waals surface area contributed by atoms with Gasteiger partial charge in [0.1, 0.15) is 0 Å². The Morgan fingerprint density at radius 3 is 3.00 bits per heavy atom. The molecule has 0 amide bonds. The Bertz CT molecular complexity index is 394. The number of aryl methyl sites for hydroxylation is 1. The monoisotopic (exact) mass is 249 g/mol. The molecule has 0 spiro atoms. The largest absolute Gasteiger partial charge is 0.308 e. The van der Waals surface area contributed by atoms with Crippen LogP contribution in [0.1, 0.15) is 42.0 Å². The highest BCUT2D eigenvalue weighted by Crippen LogP contribution is 2.23. The molecule has 1 aliphatic carbocycles. The van der Waals surface area contributed by atoms with Crippen molar-refractivity contribution in [3.05, 3.63) is 16.1 Å². The lowest BCUT2D eigenvalue weighted by molar-refractivity contribution is 0.395. The zero-order chi connectivity index (χ0) is 12.1. The van der Waals surface area contributed by atoms with Gasteiger partial charge in [-0.3, -0.25) is 0 Å². The Morgan fingerprint density at radius 1 is 1.47 bits per heavy atom. The lowest BCUT2D eigenvalue weighted by atomic mass is 9.96. The van der Waals surface area contributed by atoms with Gasteiger partial charge in [0.2, 0.25) is 0 Å². The predicted molar refractivity (Wildman–Crippen MR) is 69.7 cm³/mol. The van der Waals surface area contributed by atoms with Gasteiger partial charge in [-0.15, -0.1) is 11.3 Å².